The number of anilines is 1. The van der Waals surface area contributed by atoms with Crippen LogP contribution in [-0.2, 0) is 0 Å². The predicted octanol–water partition coefficient (Wildman–Crippen LogP) is 2.00. The van der Waals surface area contributed by atoms with E-state index in [-0.39, 0.29) is 5.54 Å². The Hall–Kier alpha value is -1.02. The minimum Gasteiger partial charge on any atom is -0.368 e. The van der Waals surface area contributed by atoms with Crippen LogP contribution in [0.3, 0.4) is 0 Å². The second-order valence-corrected chi connectivity index (χ2v) is 4.18. The van der Waals surface area contributed by atoms with Gasteiger partial charge in [0.2, 0.25) is 0 Å². The zero-order valence-corrected chi connectivity index (χ0v) is 8.74. The van der Waals surface area contributed by atoms with Gasteiger partial charge in [0.05, 0.1) is 5.54 Å². The summed E-state index contributed by atoms with van der Waals surface area (Å²) in [6, 6.07) is 10.5. The predicted molar refractivity (Wildman–Crippen MR) is 60.5 cm³/mol. The summed E-state index contributed by atoms with van der Waals surface area (Å²) in [5.74, 6) is 0. The molecule has 2 nitrogen and oxygen atoms in total. The molecule has 0 atom stereocenters. The van der Waals surface area contributed by atoms with Gasteiger partial charge in [0.15, 0.2) is 0 Å². The summed E-state index contributed by atoms with van der Waals surface area (Å²) >= 11 is 0. The van der Waals surface area contributed by atoms with Gasteiger partial charge in [0.1, 0.15) is 0 Å². The van der Waals surface area contributed by atoms with Crippen molar-refractivity contribution in [1.82, 2.24) is 0 Å². The quantitative estimate of drug-likeness (QED) is 0.790. The lowest BCUT2D eigenvalue weighted by molar-refractivity contribution is 0.246. The number of para-hydroxylation sites is 1. The molecule has 0 radical (unpaired) electrons. The number of benzene rings is 1. The zero-order valence-electron chi connectivity index (χ0n) is 8.74. The van der Waals surface area contributed by atoms with E-state index in [0.717, 1.165) is 6.54 Å². The molecular formula is C12H18N2. The highest BCUT2D eigenvalue weighted by atomic mass is 15.2. The second kappa shape index (κ2) is 3.62. The van der Waals surface area contributed by atoms with Gasteiger partial charge in [-0.1, -0.05) is 18.2 Å². The molecule has 0 unspecified atom stereocenters. The molecule has 2 rings (SSSR count). The first kappa shape index (κ1) is 9.53. The lowest BCUT2D eigenvalue weighted by atomic mass is 9.75. The summed E-state index contributed by atoms with van der Waals surface area (Å²) in [4.78, 5) is 2.34. The van der Waals surface area contributed by atoms with Crippen LogP contribution >= 0.6 is 0 Å². The van der Waals surface area contributed by atoms with Gasteiger partial charge in [-0.25, -0.2) is 0 Å². The van der Waals surface area contributed by atoms with E-state index in [1.807, 2.05) is 6.07 Å². The maximum Gasteiger partial charge on any atom is 0.0521 e. The van der Waals surface area contributed by atoms with Crippen molar-refractivity contribution in [2.45, 2.75) is 24.8 Å². The highest BCUT2D eigenvalue weighted by molar-refractivity contribution is 5.48. The van der Waals surface area contributed by atoms with Gasteiger partial charge < -0.3 is 10.6 Å². The monoisotopic (exact) mass is 190 g/mol. The fraction of sp³-hybridized carbons (Fsp3) is 0.500. The van der Waals surface area contributed by atoms with E-state index in [1.165, 1.54) is 24.9 Å². The van der Waals surface area contributed by atoms with E-state index < -0.39 is 0 Å². The summed E-state index contributed by atoms with van der Waals surface area (Å²) in [6.45, 7) is 0.762. The highest BCUT2D eigenvalue weighted by Crippen LogP contribution is 2.38. The van der Waals surface area contributed by atoms with Gasteiger partial charge >= 0.3 is 0 Å². The molecule has 0 saturated heterocycles. The van der Waals surface area contributed by atoms with Gasteiger partial charge in [0, 0.05) is 19.3 Å². The third kappa shape index (κ3) is 1.40. The maximum atomic E-state index is 5.87. The van der Waals surface area contributed by atoms with E-state index >= 15 is 0 Å². The van der Waals surface area contributed by atoms with Crippen molar-refractivity contribution in [2.75, 3.05) is 18.5 Å². The minimum absolute atomic E-state index is 0.237. The van der Waals surface area contributed by atoms with E-state index in [1.54, 1.807) is 0 Å². The molecule has 76 valence electrons. The number of nitrogens with zero attached hydrogens (tertiary/aromatic N) is 1. The summed E-state index contributed by atoms with van der Waals surface area (Å²) in [6.07, 6.45) is 3.78. The highest BCUT2D eigenvalue weighted by Gasteiger charge is 2.39. The van der Waals surface area contributed by atoms with Crippen LogP contribution in [0.1, 0.15) is 19.3 Å². The Morgan fingerprint density at radius 2 is 1.93 bits per heavy atom. The normalized spacial score (nSPS) is 18.7. The van der Waals surface area contributed by atoms with Crippen LogP contribution in [0, 0.1) is 0 Å². The zero-order chi connectivity index (χ0) is 10.0. The molecule has 1 aliphatic rings. The topological polar surface area (TPSA) is 29.3 Å². The average molecular weight is 190 g/mol. The van der Waals surface area contributed by atoms with Gasteiger partial charge in [-0.3, -0.25) is 0 Å². The van der Waals surface area contributed by atoms with Gasteiger partial charge in [-0.2, -0.15) is 0 Å². The van der Waals surface area contributed by atoms with Crippen molar-refractivity contribution in [3.8, 4) is 0 Å². The molecule has 0 amide bonds. The molecule has 2 heteroatoms. The van der Waals surface area contributed by atoms with Crippen LogP contribution < -0.4 is 10.6 Å². The largest absolute Gasteiger partial charge is 0.368 e. The first-order chi connectivity index (χ1) is 6.78. The summed E-state index contributed by atoms with van der Waals surface area (Å²) in [7, 11) is 2.15. The summed E-state index contributed by atoms with van der Waals surface area (Å²) in [5.41, 5.74) is 7.38. The Balaban J connectivity index is 2.19. The van der Waals surface area contributed by atoms with Gasteiger partial charge in [-0.15, -0.1) is 0 Å². The number of likely N-dealkylation sites (N-methyl/N-ethyl adjacent to an activating group) is 1. The first-order valence-electron chi connectivity index (χ1n) is 5.27. The number of hydrogen-bond acceptors (Lipinski definition) is 2. The number of nitrogens with two attached hydrogens (primary N) is 1. The Morgan fingerprint density at radius 3 is 2.36 bits per heavy atom. The number of rotatable bonds is 3. The minimum atomic E-state index is 0.237. The second-order valence-electron chi connectivity index (χ2n) is 4.18. The van der Waals surface area contributed by atoms with Crippen molar-refractivity contribution < 1.29 is 0 Å². The molecule has 0 spiro atoms. The molecule has 0 heterocycles. The number of hydrogen-bond donors (Lipinski definition) is 1. The fourth-order valence-electron chi connectivity index (χ4n) is 2.19. The van der Waals surface area contributed by atoms with E-state index in [4.69, 9.17) is 5.73 Å². The Kier molecular flexibility index (Phi) is 2.46. The smallest absolute Gasteiger partial charge is 0.0521 e. The lowest BCUT2D eigenvalue weighted by Gasteiger charge is -2.49. The molecule has 0 aliphatic heterocycles. The first-order valence-corrected chi connectivity index (χ1v) is 5.27. The van der Waals surface area contributed by atoms with Crippen molar-refractivity contribution in [1.29, 1.82) is 0 Å². The van der Waals surface area contributed by atoms with Crippen molar-refractivity contribution in [3.63, 3.8) is 0 Å². The SMILES string of the molecule is CN(c1ccccc1)C1(CN)CCC1. The lowest BCUT2D eigenvalue weighted by Crippen LogP contribution is -2.57. The molecule has 14 heavy (non-hydrogen) atoms. The molecule has 0 aromatic heterocycles. The molecule has 1 fully saturated rings. The van der Waals surface area contributed by atoms with Gasteiger partial charge in [-0.05, 0) is 31.4 Å². The van der Waals surface area contributed by atoms with Crippen molar-refractivity contribution in [3.05, 3.63) is 30.3 Å². The molecule has 0 bridgehead atoms. The van der Waals surface area contributed by atoms with Crippen LogP contribution in [0.4, 0.5) is 5.69 Å². The average Bonchev–Trinajstić information content (AvgIpc) is 2.18. The molecule has 1 aromatic rings. The Bertz CT molecular complexity index is 285. The maximum absolute atomic E-state index is 5.87. The molecule has 2 N–H and O–H groups in total. The standard InChI is InChI=1S/C12H18N2/c1-14(11-6-3-2-4-7-11)12(10-13)8-5-9-12/h2-4,6-7H,5,8-10,13H2,1H3. The van der Waals surface area contributed by atoms with Crippen LogP contribution in [0.2, 0.25) is 0 Å². The fourth-order valence-corrected chi connectivity index (χ4v) is 2.19. The summed E-state index contributed by atoms with van der Waals surface area (Å²) < 4.78 is 0. The third-order valence-corrected chi connectivity index (χ3v) is 3.52. The van der Waals surface area contributed by atoms with Gasteiger partial charge in [0.25, 0.3) is 0 Å². The van der Waals surface area contributed by atoms with Crippen molar-refractivity contribution >= 4 is 5.69 Å². The molecular weight excluding hydrogens is 172 g/mol. The van der Waals surface area contributed by atoms with Crippen LogP contribution in [-0.4, -0.2) is 19.1 Å². The molecule has 1 saturated carbocycles. The van der Waals surface area contributed by atoms with Crippen molar-refractivity contribution in [2.24, 2.45) is 5.73 Å². The van der Waals surface area contributed by atoms with Crippen LogP contribution in [0.25, 0.3) is 0 Å². The van der Waals surface area contributed by atoms with E-state index in [0.29, 0.717) is 0 Å². The molecule has 1 aliphatic carbocycles. The third-order valence-electron chi connectivity index (χ3n) is 3.52. The van der Waals surface area contributed by atoms with E-state index in [2.05, 4.69) is 36.2 Å². The Morgan fingerprint density at radius 1 is 1.29 bits per heavy atom. The molecule has 1 aromatic carbocycles. The van der Waals surface area contributed by atoms with E-state index in [9.17, 15) is 0 Å². The van der Waals surface area contributed by atoms with Crippen LogP contribution in [0.5, 0.6) is 0 Å². The van der Waals surface area contributed by atoms with Crippen LogP contribution in [0.15, 0.2) is 30.3 Å². The summed E-state index contributed by atoms with van der Waals surface area (Å²) in [5, 5.41) is 0. The Labute approximate surface area is 85.7 Å².